The summed E-state index contributed by atoms with van der Waals surface area (Å²) in [4.78, 5) is 4.11. The van der Waals surface area contributed by atoms with Gasteiger partial charge in [-0.3, -0.25) is 4.99 Å². The van der Waals surface area contributed by atoms with Crippen LogP contribution in [0.25, 0.3) is 17.4 Å². The van der Waals surface area contributed by atoms with Crippen molar-refractivity contribution < 1.29 is 16.1 Å². The van der Waals surface area contributed by atoms with Crippen molar-refractivity contribution in [1.82, 2.24) is 5.32 Å². The Morgan fingerprint density at radius 1 is 1.26 bits per heavy atom. The molecule has 1 heterocycles. The Morgan fingerprint density at radius 3 is 2.52 bits per heavy atom. The SMILES string of the molecule is C=Cc1ccc(-c2ccc(C)o2)cc1NC(C)=NC.FC(F)CNC1CCC=CCC1.[HH].[HH]. The van der Waals surface area contributed by atoms with E-state index in [4.69, 9.17) is 4.42 Å². The number of rotatable bonds is 6. The summed E-state index contributed by atoms with van der Waals surface area (Å²) in [5, 5.41) is 6.14. The molecule has 1 aliphatic carbocycles. The summed E-state index contributed by atoms with van der Waals surface area (Å²) < 4.78 is 29.3. The van der Waals surface area contributed by atoms with E-state index in [1.165, 1.54) is 0 Å². The largest absolute Gasteiger partial charge is 0.461 e. The van der Waals surface area contributed by atoms with Crippen molar-refractivity contribution in [2.75, 3.05) is 18.9 Å². The second kappa shape index (κ2) is 12.8. The van der Waals surface area contributed by atoms with Crippen LogP contribution >= 0.6 is 0 Å². The van der Waals surface area contributed by atoms with Crippen LogP contribution in [0.1, 0.15) is 46.8 Å². The van der Waals surface area contributed by atoms with Crippen molar-refractivity contribution in [2.24, 2.45) is 4.99 Å². The Morgan fingerprint density at radius 2 is 1.97 bits per heavy atom. The van der Waals surface area contributed by atoms with Gasteiger partial charge in [0.15, 0.2) is 0 Å². The number of hydrogen-bond acceptors (Lipinski definition) is 3. The number of aliphatic imine (C=N–C) groups is 1. The van der Waals surface area contributed by atoms with E-state index in [9.17, 15) is 8.78 Å². The zero-order valence-electron chi connectivity index (χ0n) is 18.6. The van der Waals surface area contributed by atoms with Crippen LogP contribution in [0.15, 0.2) is 58.5 Å². The monoisotopic (exact) mass is 433 g/mol. The lowest BCUT2D eigenvalue weighted by molar-refractivity contribution is 0.140. The number of amidine groups is 1. The van der Waals surface area contributed by atoms with E-state index < -0.39 is 6.43 Å². The van der Waals surface area contributed by atoms with Crippen molar-refractivity contribution in [3.05, 3.63) is 60.4 Å². The molecule has 0 bridgehead atoms. The Bertz CT molecular complexity index is 888. The van der Waals surface area contributed by atoms with Crippen LogP contribution in [-0.4, -0.2) is 31.9 Å². The van der Waals surface area contributed by atoms with E-state index in [0.29, 0.717) is 0 Å². The molecule has 0 aliphatic heterocycles. The molecule has 4 nitrogen and oxygen atoms in total. The first-order valence-electron chi connectivity index (χ1n) is 10.6. The van der Waals surface area contributed by atoms with Gasteiger partial charge in [0.1, 0.15) is 11.5 Å². The highest BCUT2D eigenvalue weighted by Gasteiger charge is 2.11. The maximum atomic E-state index is 11.8. The van der Waals surface area contributed by atoms with Gasteiger partial charge < -0.3 is 15.1 Å². The van der Waals surface area contributed by atoms with Crippen LogP contribution in [0.4, 0.5) is 14.5 Å². The zero-order chi connectivity index (χ0) is 22.6. The molecule has 0 amide bonds. The van der Waals surface area contributed by atoms with E-state index in [-0.39, 0.29) is 15.4 Å². The minimum Gasteiger partial charge on any atom is -0.461 e. The molecule has 0 spiro atoms. The van der Waals surface area contributed by atoms with Crippen LogP contribution in [0, 0.1) is 6.92 Å². The third-order valence-electron chi connectivity index (χ3n) is 5.04. The molecule has 172 valence electrons. The van der Waals surface area contributed by atoms with E-state index >= 15 is 0 Å². The number of furan rings is 1. The summed E-state index contributed by atoms with van der Waals surface area (Å²) in [6.07, 6.45) is 7.87. The van der Waals surface area contributed by atoms with Gasteiger partial charge in [0.25, 0.3) is 6.43 Å². The maximum absolute atomic E-state index is 11.8. The van der Waals surface area contributed by atoms with E-state index in [0.717, 1.165) is 59.9 Å². The lowest BCUT2D eigenvalue weighted by Crippen LogP contribution is -2.32. The summed E-state index contributed by atoms with van der Waals surface area (Å²) in [5.74, 6) is 2.63. The normalized spacial score (nSPS) is 14.7. The lowest BCUT2D eigenvalue weighted by atomic mass is 10.1. The molecule has 0 saturated carbocycles. The lowest BCUT2D eigenvalue weighted by Gasteiger charge is -2.15. The molecule has 2 N–H and O–H groups in total. The summed E-state index contributed by atoms with van der Waals surface area (Å²) in [6.45, 7) is 7.53. The molecule has 0 saturated heterocycles. The molecule has 3 rings (SSSR count). The van der Waals surface area contributed by atoms with Crippen molar-refractivity contribution in [2.45, 2.75) is 52.0 Å². The van der Waals surface area contributed by atoms with Crippen molar-refractivity contribution in [3.63, 3.8) is 0 Å². The Hall–Kier alpha value is -2.73. The molecule has 31 heavy (non-hydrogen) atoms. The number of aryl methyl sites for hydroxylation is 1. The molecule has 0 unspecified atom stereocenters. The van der Waals surface area contributed by atoms with E-state index in [2.05, 4.69) is 34.4 Å². The van der Waals surface area contributed by atoms with Crippen molar-refractivity contribution >= 4 is 17.6 Å². The molecular formula is C25H37F2N3O. The quantitative estimate of drug-likeness (QED) is 0.288. The highest BCUT2D eigenvalue weighted by Crippen LogP contribution is 2.28. The molecule has 1 aliphatic rings. The standard InChI is InChI=1S/C16H18N2O.C9H15F2N.2H2/c1-5-13-7-8-14(16-9-6-11(2)19-16)10-15(13)18-12(3)17-4;10-9(11)7-12-8-5-3-1-2-4-6-8;;/h5-10H,1H2,2-4H3,(H,17,18);1-2,8-9,12H,3-7H2;2*1H. The second-order valence-electron chi connectivity index (χ2n) is 7.47. The highest BCUT2D eigenvalue weighted by molar-refractivity contribution is 5.96. The summed E-state index contributed by atoms with van der Waals surface area (Å²) in [6, 6.07) is 10.3. The topological polar surface area (TPSA) is 49.6 Å². The molecule has 0 fully saturated rings. The van der Waals surface area contributed by atoms with Crippen molar-refractivity contribution in [1.29, 1.82) is 0 Å². The third-order valence-corrected chi connectivity index (χ3v) is 5.04. The van der Waals surface area contributed by atoms with Gasteiger partial charge in [-0.1, -0.05) is 36.9 Å². The predicted octanol–water partition coefficient (Wildman–Crippen LogP) is 7.19. The molecule has 1 aromatic carbocycles. The maximum Gasteiger partial charge on any atom is 0.250 e. The van der Waals surface area contributed by atoms with Gasteiger partial charge in [-0.25, -0.2) is 8.78 Å². The van der Waals surface area contributed by atoms with Gasteiger partial charge >= 0.3 is 0 Å². The number of nitrogens with zero attached hydrogens (tertiary/aromatic N) is 1. The van der Waals surface area contributed by atoms with Crippen molar-refractivity contribution in [3.8, 4) is 11.3 Å². The molecule has 0 radical (unpaired) electrons. The predicted molar refractivity (Wildman–Crippen MR) is 131 cm³/mol. The summed E-state index contributed by atoms with van der Waals surface area (Å²) >= 11 is 0. The van der Waals surface area contributed by atoms with Gasteiger partial charge in [-0.05, 0) is 63.3 Å². The first-order valence-corrected chi connectivity index (χ1v) is 10.6. The van der Waals surface area contributed by atoms with Gasteiger partial charge in [0, 0.05) is 27.2 Å². The smallest absolute Gasteiger partial charge is 0.250 e. The average Bonchev–Trinajstić information content (AvgIpc) is 3.03. The van der Waals surface area contributed by atoms with Gasteiger partial charge in [-0.15, -0.1) is 0 Å². The highest BCUT2D eigenvalue weighted by atomic mass is 19.3. The van der Waals surface area contributed by atoms with Gasteiger partial charge in [-0.2, -0.15) is 0 Å². The Kier molecular flexibility index (Phi) is 10.2. The fourth-order valence-corrected chi connectivity index (χ4v) is 3.27. The van der Waals surface area contributed by atoms with Gasteiger partial charge in [0.2, 0.25) is 0 Å². The van der Waals surface area contributed by atoms with Crippen LogP contribution in [0.3, 0.4) is 0 Å². The number of hydrogen-bond donors (Lipinski definition) is 2. The first kappa shape index (κ1) is 24.5. The Balaban J connectivity index is 0.000000640. The summed E-state index contributed by atoms with van der Waals surface area (Å²) in [7, 11) is 1.76. The Labute approximate surface area is 187 Å². The first-order chi connectivity index (χ1) is 14.9. The molecule has 2 aromatic rings. The fourth-order valence-electron chi connectivity index (χ4n) is 3.27. The van der Waals surface area contributed by atoms with E-state index in [1.807, 2.05) is 50.3 Å². The minimum absolute atomic E-state index is 0. The van der Waals surface area contributed by atoms with Crippen LogP contribution < -0.4 is 10.6 Å². The van der Waals surface area contributed by atoms with Crippen LogP contribution in [-0.2, 0) is 0 Å². The average molecular weight is 434 g/mol. The van der Waals surface area contributed by atoms with Crippen LogP contribution in [0.5, 0.6) is 0 Å². The fraction of sp³-hybridized carbons (Fsp3) is 0.400. The summed E-state index contributed by atoms with van der Waals surface area (Å²) in [5.41, 5.74) is 3.05. The number of nitrogens with one attached hydrogen (secondary N) is 2. The molecule has 6 heteroatoms. The van der Waals surface area contributed by atoms with E-state index in [1.54, 1.807) is 7.05 Å². The minimum atomic E-state index is -2.22. The van der Waals surface area contributed by atoms with Crippen LogP contribution in [0.2, 0.25) is 0 Å². The second-order valence-corrected chi connectivity index (χ2v) is 7.47. The number of allylic oxidation sites excluding steroid dienone is 2. The van der Waals surface area contributed by atoms with Gasteiger partial charge in [0.05, 0.1) is 12.4 Å². The molecule has 0 atom stereocenters. The zero-order valence-corrected chi connectivity index (χ0v) is 18.6. The number of benzene rings is 1. The number of alkyl halides is 2. The molecular weight excluding hydrogens is 396 g/mol. The molecule has 1 aromatic heterocycles. The number of anilines is 1. The third kappa shape index (κ3) is 8.50. The number of halogens is 2.